The average molecular weight is 300 g/mol. The second-order valence-electron chi connectivity index (χ2n) is 4.67. The fourth-order valence-corrected chi connectivity index (χ4v) is 2.89. The summed E-state index contributed by atoms with van der Waals surface area (Å²) in [6.07, 6.45) is 0. The Hall–Kier alpha value is -0.950. The molecule has 20 heavy (non-hydrogen) atoms. The van der Waals surface area contributed by atoms with Gasteiger partial charge in [-0.3, -0.25) is 0 Å². The molecule has 0 bridgehead atoms. The second-order valence-corrected chi connectivity index (χ2v) is 6.74. The zero-order chi connectivity index (χ0) is 15.0. The minimum atomic E-state index is -3.28. The number of ether oxygens (including phenoxy) is 1. The van der Waals surface area contributed by atoms with Gasteiger partial charge < -0.3 is 10.1 Å². The van der Waals surface area contributed by atoms with E-state index in [1.54, 1.807) is 14.2 Å². The molecule has 1 N–H and O–H groups in total. The molecule has 0 saturated carbocycles. The van der Waals surface area contributed by atoms with Gasteiger partial charge in [-0.2, -0.15) is 0 Å². The molecule has 1 aromatic carbocycles. The van der Waals surface area contributed by atoms with Crippen LogP contribution in [0, 0.1) is 0 Å². The predicted molar refractivity (Wildman–Crippen MR) is 81.0 cm³/mol. The van der Waals surface area contributed by atoms with E-state index in [4.69, 9.17) is 4.74 Å². The maximum Gasteiger partial charge on any atom is 0.218 e. The summed E-state index contributed by atoms with van der Waals surface area (Å²) >= 11 is 0. The maximum absolute atomic E-state index is 12.1. The summed E-state index contributed by atoms with van der Waals surface area (Å²) in [5, 5.41) is 3.23. The van der Waals surface area contributed by atoms with Crippen molar-refractivity contribution in [1.82, 2.24) is 9.62 Å². The van der Waals surface area contributed by atoms with Crippen LogP contribution in [0.15, 0.2) is 24.3 Å². The highest BCUT2D eigenvalue weighted by Gasteiger charge is 2.17. The summed E-state index contributed by atoms with van der Waals surface area (Å²) in [5.41, 5.74) is 1.95. The molecule has 5 nitrogen and oxygen atoms in total. The minimum Gasteiger partial charge on any atom is -0.383 e. The molecule has 0 aliphatic carbocycles. The summed E-state index contributed by atoms with van der Waals surface area (Å²) in [6, 6.07) is 7.66. The zero-order valence-electron chi connectivity index (χ0n) is 12.4. The predicted octanol–water partition coefficient (Wildman–Crippen LogP) is 1.20. The van der Waals surface area contributed by atoms with E-state index in [0.29, 0.717) is 13.2 Å². The maximum atomic E-state index is 12.1. The van der Waals surface area contributed by atoms with E-state index in [2.05, 4.69) is 12.2 Å². The first-order valence-electron chi connectivity index (χ1n) is 6.71. The molecule has 0 amide bonds. The third kappa shape index (κ3) is 5.58. The molecular weight excluding hydrogens is 276 g/mol. The summed E-state index contributed by atoms with van der Waals surface area (Å²) in [7, 11) is -0.141. The molecule has 0 unspecified atom stereocenters. The number of rotatable bonds is 9. The first-order chi connectivity index (χ1) is 9.49. The third-order valence-corrected chi connectivity index (χ3v) is 4.87. The molecule has 0 atom stereocenters. The van der Waals surface area contributed by atoms with Gasteiger partial charge >= 0.3 is 0 Å². The van der Waals surface area contributed by atoms with Gasteiger partial charge in [0, 0.05) is 27.2 Å². The normalized spacial score (nSPS) is 12.0. The second kappa shape index (κ2) is 8.36. The summed E-state index contributed by atoms with van der Waals surface area (Å²) in [6.45, 7) is 4.54. The number of methoxy groups -OCH3 is 1. The van der Waals surface area contributed by atoms with Gasteiger partial charge in [-0.05, 0) is 17.7 Å². The van der Waals surface area contributed by atoms with Gasteiger partial charge in [0.25, 0.3) is 0 Å². The monoisotopic (exact) mass is 300 g/mol. The first kappa shape index (κ1) is 17.1. The Morgan fingerprint density at radius 2 is 1.80 bits per heavy atom. The lowest BCUT2D eigenvalue weighted by Crippen LogP contribution is -2.31. The minimum absolute atomic E-state index is 0.0225. The lowest BCUT2D eigenvalue weighted by Gasteiger charge is -2.16. The van der Waals surface area contributed by atoms with Crippen molar-refractivity contribution in [2.45, 2.75) is 19.2 Å². The van der Waals surface area contributed by atoms with Crippen LogP contribution in [0.1, 0.15) is 18.1 Å². The van der Waals surface area contributed by atoms with Gasteiger partial charge in [-0.15, -0.1) is 0 Å². The highest BCUT2D eigenvalue weighted by molar-refractivity contribution is 7.88. The van der Waals surface area contributed by atoms with Crippen LogP contribution >= 0.6 is 0 Å². The van der Waals surface area contributed by atoms with Gasteiger partial charge in [0.15, 0.2) is 0 Å². The molecule has 6 heteroatoms. The van der Waals surface area contributed by atoms with E-state index >= 15 is 0 Å². The van der Waals surface area contributed by atoms with E-state index in [1.807, 2.05) is 24.3 Å². The van der Waals surface area contributed by atoms with Crippen LogP contribution in [0.2, 0.25) is 0 Å². The molecule has 0 heterocycles. The van der Waals surface area contributed by atoms with Crippen LogP contribution in [0.25, 0.3) is 0 Å². The fraction of sp³-hybridized carbons (Fsp3) is 0.571. The molecule has 114 valence electrons. The number of hydrogen-bond acceptors (Lipinski definition) is 4. The lowest BCUT2D eigenvalue weighted by atomic mass is 10.1. The van der Waals surface area contributed by atoms with Crippen molar-refractivity contribution in [1.29, 1.82) is 0 Å². The molecule has 0 spiro atoms. The Morgan fingerprint density at radius 1 is 1.20 bits per heavy atom. The van der Waals surface area contributed by atoms with E-state index in [1.165, 1.54) is 4.31 Å². The Kier molecular flexibility index (Phi) is 7.15. The molecular formula is C14H24N2O3S. The van der Waals surface area contributed by atoms with Gasteiger partial charge in [0.2, 0.25) is 10.0 Å². The van der Waals surface area contributed by atoms with Crippen LogP contribution in [0.4, 0.5) is 0 Å². The third-order valence-electron chi connectivity index (χ3n) is 3.04. The zero-order valence-corrected chi connectivity index (χ0v) is 13.2. The van der Waals surface area contributed by atoms with Crippen LogP contribution in [0.5, 0.6) is 0 Å². The SMILES string of the molecule is CCNCc1ccc(CS(=O)(=O)N(C)CCOC)cc1. The van der Waals surface area contributed by atoms with Crippen LogP contribution in [-0.4, -0.2) is 46.6 Å². The smallest absolute Gasteiger partial charge is 0.218 e. The molecule has 0 aromatic heterocycles. The number of nitrogens with zero attached hydrogens (tertiary/aromatic N) is 1. The number of likely N-dealkylation sites (N-methyl/N-ethyl adjacent to an activating group) is 1. The highest BCUT2D eigenvalue weighted by atomic mass is 32.2. The number of sulfonamides is 1. The van der Waals surface area contributed by atoms with E-state index < -0.39 is 10.0 Å². The Labute approximate surface area is 122 Å². The van der Waals surface area contributed by atoms with Gasteiger partial charge in [0.1, 0.15) is 0 Å². The molecule has 0 radical (unpaired) electrons. The Bertz CT molecular complexity index is 486. The molecule has 0 aliphatic heterocycles. The van der Waals surface area contributed by atoms with Crippen molar-refractivity contribution in [2.75, 3.05) is 33.9 Å². The number of hydrogen-bond donors (Lipinski definition) is 1. The largest absolute Gasteiger partial charge is 0.383 e. The van der Waals surface area contributed by atoms with Gasteiger partial charge in [-0.1, -0.05) is 31.2 Å². The highest BCUT2D eigenvalue weighted by Crippen LogP contribution is 2.11. The van der Waals surface area contributed by atoms with Crippen molar-refractivity contribution in [2.24, 2.45) is 0 Å². The molecule has 1 rings (SSSR count). The Morgan fingerprint density at radius 3 is 2.35 bits per heavy atom. The standard InChI is InChI=1S/C14H24N2O3S/c1-4-15-11-13-5-7-14(8-6-13)12-20(17,18)16(2)9-10-19-3/h5-8,15H,4,9-12H2,1-3H3. The lowest BCUT2D eigenvalue weighted by molar-refractivity contribution is 0.185. The van der Waals surface area contributed by atoms with Gasteiger partial charge in [-0.25, -0.2) is 12.7 Å². The van der Waals surface area contributed by atoms with Crippen molar-refractivity contribution < 1.29 is 13.2 Å². The quantitative estimate of drug-likeness (QED) is 0.744. The van der Waals surface area contributed by atoms with Crippen molar-refractivity contribution >= 4 is 10.0 Å². The van der Waals surface area contributed by atoms with Crippen LogP contribution in [0.3, 0.4) is 0 Å². The average Bonchev–Trinajstić information content (AvgIpc) is 2.43. The summed E-state index contributed by atoms with van der Waals surface area (Å²) in [5.74, 6) is 0.0225. The fourth-order valence-electron chi connectivity index (χ4n) is 1.70. The van der Waals surface area contributed by atoms with Crippen LogP contribution in [-0.2, 0) is 27.1 Å². The molecule has 1 aromatic rings. The van der Waals surface area contributed by atoms with Gasteiger partial charge in [0.05, 0.1) is 12.4 Å². The number of benzene rings is 1. The summed E-state index contributed by atoms with van der Waals surface area (Å²) < 4.78 is 30.5. The number of nitrogens with one attached hydrogen (secondary N) is 1. The van der Waals surface area contributed by atoms with Crippen molar-refractivity contribution in [3.63, 3.8) is 0 Å². The van der Waals surface area contributed by atoms with Crippen molar-refractivity contribution in [3.8, 4) is 0 Å². The summed E-state index contributed by atoms with van der Waals surface area (Å²) in [4.78, 5) is 0. The van der Waals surface area contributed by atoms with E-state index in [0.717, 1.165) is 24.2 Å². The Balaban J connectivity index is 2.63. The van der Waals surface area contributed by atoms with E-state index in [9.17, 15) is 8.42 Å². The topological polar surface area (TPSA) is 58.6 Å². The van der Waals surface area contributed by atoms with Crippen LogP contribution < -0.4 is 5.32 Å². The molecule has 0 saturated heterocycles. The molecule has 0 fully saturated rings. The molecule has 0 aliphatic rings. The van der Waals surface area contributed by atoms with Crippen molar-refractivity contribution in [3.05, 3.63) is 35.4 Å². The van der Waals surface area contributed by atoms with E-state index in [-0.39, 0.29) is 5.75 Å². The first-order valence-corrected chi connectivity index (χ1v) is 8.32.